The molecule has 0 saturated heterocycles. The van der Waals surface area contributed by atoms with Crippen molar-refractivity contribution in [3.8, 4) is 0 Å². The van der Waals surface area contributed by atoms with Gasteiger partial charge in [0, 0.05) is 50.7 Å². The number of rotatable bonds is 18. The van der Waals surface area contributed by atoms with E-state index in [1.165, 1.54) is 0 Å². The van der Waals surface area contributed by atoms with Gasteiger partial charge in [-0.3, -0.25) is 0 Å². The molecule has 0 saturated carbocycles. The summed E-state index contributed by atoms with van der Waals surface area (Å²) in [5, 5.41) is 0. The summed E-state index contributed by atoms with van der Waals surface area (Å²) in [4.78, 5) is 39.2. The lowest BCUT2D eigenvalue weighted by atomic mass is 9.99. The largest absolute Gasteiger partial charge is 0.460 e. The minimum absolute atomic E-state index is 0.428. The smallest absolute Gasteiger partial charge is 0.247 e. The van der Waals surface area contributed by atoms with E-state index >= 15 is 0 Å². The monoisotopic (exact) mass is 1290 g/mol. The third-order valence-corrected chi connectivity index (χ3v) is 10.1. The normalized spacial score (nSPS) is 16.9. The first-order valence-corrected chi connectivity index (χ1v) is 18.2. The van der Waals surface area contributed by atoms with E-state index in [1.807, 2.05) is 0 Å². The van der Waals surface area contributed by atoms with E-state index in [0.29, 0.717) is 67.8 Å². The van der Waals surface area contributed by atoms with Crippen molar-refractivity contribution in [2.45, 2.75) is 123 Å². The molecule has 0 bridgehead atoms. The van der Waals surface area contributed by atoms with E-state index in [1.54, 1.807) is 0 Å². The Balaban J connectivity index is 3.96. The van der Waals surface area contributed by atoms with Crippen molar-refractivity contribution >= 4 is 67.8 Å². The molecule has 1 heterocycles. The van der Waals surface area contributed by atoms with Gasteiger partial charge in [-0.05, 0) is 0 Å². The van der Waals surface area contributed by atoms with Crippen LogP contribution in [-0.2, 0) is 19.6 Å². The number of alkyl halides is 30. The summed E-state index contributed by atoms with van der Waals surface area (Å²) in [6, 6.07) is 0. The second kappa shape index (κ2) is 17.3. The molecular formula is C24H15F27I3N3O3. The first-order valence-electron chi connectivity index (χ1n) is 14.4. The van der Waals surface area contributed by atoms with Crippen LogP contribution in [-0.4, -0.2) is 97.3 Å². The Morgan fingerprint density at radius 3 is 0.600 bits per heavy atom. The number of aromatic nitrogens is 3. The first-order chi connectivity index (χ1) is 25.9. The van der Waals surface area contributed by atoms with Crippen molar-refractivity contribution in [1.29, 1.82) is 0 Å². The van der Waals surface area contributed by atoms with Crippen LogP contribution in [0.15, 0.2) is 14.4 Å². The second-order valence-corrected chi connectivity index (χ2v) is 17.4. The van der Waals surface area contributed by atoms with Crippen molar-refractivity contribution < 1.29 is 119 Å². The van der Waals surface area contributed by atoms with Crippen LogP contribution in [0.4, 0.5) is 119 Å². The summed E-state index contributed by atoms with van der Waals surface area (Å²) < 4.78 is 351. The number of halogens is 30. The van der Waals surface area contributed by atoms with Gasteiger partial charge < -0.3 is 0 Å². The van der Waals surface area contributed by atoms with Crippen LogP contribution in [0.25, 0.3) is 0 Å². The van der Waals surface area contributed by atoms with Crippen molar-refractivity contribution in [1.82, 2.24) is 13.7 Å². The van der Waals surface area contributed by atoms with Gasteiger partial charge in [-0.25, -0.2) is 28.1 Å². The number of hydrogen-bond donors (Lipinski definition) is 0. The SMILES string of the molecule is O=c1n(CC(I)CC(F)(F)C(F)(F)C(F)(F)C(F)(F)F)c(=O)n(CC(I)CC(F)(F)C(F)(F)C(F)(F)C(F)(F)F)c(=O)n1CC(I)CC(F)(F)C(F)(F)C(F)(F)C(F)(F)F. The summed E-state index contributed by atoms with van der Waals surface area (Å²) in [6.45, 7) is -6.22. The van der Waals surface area contributed by atoms with Gasteiger partial charge in [0.25, 0.3) is 0 Å². The predicted octanol–water partition coefficient (Wildman–Crippen LogP) is 10.2. The molecule has 0 fully saturated rings. The molecule has 0 aliphatic carbocycles. The summed E-state index contributed by atoms with van der Waals surface area (Å²) >= 11 is 1.28. The summed E-state index contributed by atoms with van der Waals surface area (Å²) in [5.41, 5.74) is -7.49. The molecule has 0 aliphatic rings. The highest BCUT2D eigenvalue weighted by Crippen LogP contribution is 2.57. The van der Waals surface area contributed by atoms with Gasteiger partial charge in [0.2, 0.25) is 0 Å². The Kier molecular flexibility index (Phi) is 16.3. The fraction of sp³-hybridized carbons (Fsp3) is 0.875. The van der Waals surface area contributed by atoms with Gasteiger partial charge in [-0.15, -0.1) is 0 Å². The lowest BCUT2D eigenvalue weighted by Gasteiger charge is -2.35. The van der Waals surface area contributed by atoms with Crippen LogP contribution in [0.2, 0.25) is 0 Å². The van der Waals surface area contributed by atoms with Crippen molar-refractivity contribution in [2.24, 2.45) is 0 Å². The Bertz CT molecular complexity index is 1620. The topological polar surface area (TPSA) is 66.0 Å². The molecule has 3 unspecified atom stereocenters. The first kappa shape index (κ1) is 56.7. The molecule has 0 aliphatic heterocycles. The van der Waals surface area contributed by atoms with Crippen molar-refractivity contribution in [3.63, 3.8) is 0 Å². The van der Waals surface area contributed by atoms with Gasteiger partial charge in [0.15, 0.2) is 0 Å². The summed E-state index contributed by atoms with van der Waals surface area (Å²) in [5.74, 6) is -64.3. The molecule has 0 spiro atoms. The van der Waals surface area contributed by atoms with E-state index in [0.717, 1.165) is 0 Å². The van der Waals surface area contributed by atoms with E-state index in [9.17, 15) is 133 Å². The average Bonchev–Trinajstić information content (AvgIpc) is 3.00. The fourth-order valence-electron chi connectivity index (χ4n) is 4.38. The highest BCUT2D eigenvalue weighted by atomic mass is 127. The molecule has 354 valence electrons. The third-order valence-electron chi connectivity index (χ3n) is 7.59. The Morgan fingerprint density at radius 1 is 0.317 bits per heavy atom. The van der Waals surface area contributed by atoms with E-state index in [-0.39, 0.29) is 0 Å². The summed E-state index contributed by atoms with van der Waals surface area (Å²) in [7, 11) is 0. The Hall–Kier alpha value is -1.29. The molecule has 6 nitrogen and oxygen atoms in total. The van der Waals surface area contributed by atoms with E-state index in [4.69, 9.17) is 0 Å². The minimum atomic E-state index is -7.53. The standard InChI is InChI=1S/C24H15F27I3N3O3/c25-13(26,16(31,32)19(37,38)22(43,44)45)1-7(52)4-55-10(58)56(5-8(53)2-14(27,28)17(33,34)20(39,40)23(46,47)48)12(60)57(11(55)59)6-9(54)3-15(29,30)18(35,36)21(41,42)24(49,50)51/h7-9H,1-6H2. The maximum Gasteiger partial charge on any atom is 0.460 e. The molecular weight excluding hydrogens is 1270 g/mol. The van der Waals surface area contributed by atoms with Gasteiger partial charge in [-0.1, -0.05) is 67.8 Å². The van der Waals surface area contributed by atoms with Crippen molar-refractivity contribution in [3.05, 3.63) is 31.5 Å². The van der Waals surface area contributed by atoms with E-state index in [2.05, 4.69) is 0 Å². The van der Waals surface area contributed by atoms with Gasteiger partial charge >= 0.3 is 88.9 Å². The number of hydrogen-bond acceptors (Lipinski definition) is 3. The Morgan fingerprint density at radius 2 is 0.467 bits per heavy atom. The zero-order valence-electron chi connectivity index (χ0n) is 27.4. The highest BCUT2D eigenvalue weighted by molar-refractivity contribution is 14.1. The minimum Gasteiger partial charge on any atom is -0.247 e. The van der Waals surface area contributed by atoms with Gasteiger partial charge in [0.05, 0.1) is 0 Å². The van der Waals surface area contributed by atoms with E-state index < -0.39 is 153 Å². The predicted molar refractivity (Wildman–Crippen MR) is 169 cm³/mol. The second-order valence-electron chi connectivity index (χ2n) is 12.1. The van der Waals surface area contributed by atoms with Crippen LogP contribution < -0.4 is 17.1 Å². The molecule has 0 aromatic carbocycles. The fourth-order valence-corrected chi connectivity index (χ4v) is 7.22. The number of nitrogens with zero attached hydrogens (tertiary/aromatic N) is 3. The molecule has 60 heavy (non-hydrogen) atoms. The van der Waals surface area contributed by atoms with Crippen LogP contribution in [0.5, 0.6) is 0 Å². The van der Waals surface area contributed by atoms with Gasteiger partial charge in [0.1, 0.15) is 0 Å². The molecule has 1 aromatic heterocycles. The molecule has 36 heteroatoms. The molecule has 0 radical (unpaired) electrons. The third kappa shape index (κ3) is 10.3. The zero-order valence-corrected chi connectivity index (χ0v) is 33.9. The summed E-state index contributed by atoms with van der Waals surface area (Å²) in [6.07, 6.45) is -31.0. The highest BCUT2D eigenvalue weighted by Gasteiger charge is 2.83. The van der Waals surface area contributed by atoms with Crippen LogP contribution in [0.3, 0.4) is 0 Å². The van der Waals surface area contributed by atoms with Crippen molar-refractivity contribution in [2.75, 3.05) is 0 Å². The molecule has 0 amide bonds. The molecule has 1 rings (SSSR count). The molecule has 1 aromatic rings. The lowest BCUT2D eigenvalue weighted by Crippen LogP contribution is -2.62. The Labute approximate surface area is 352 Å². The van der Waals surface area contributed by atoms with Crippen LogP contribution in [0, 0.1) is 0 Å². The van der Waals surface area contributed by atoms with Crippen LogP contribution in [0.1, 0.15) is 19.3 Å². The molecule has 3 atom stereocenters. The van der Waals surface area contributed by atoms with Crippen LogP contribution >= 0.6 is 67.8 Å². The quantitative estimate of drug-likeness (QED) is 0.0836. The average molecular weight is 1290 g/mol. The maximum absolute atomic E-state index is 14.3. The molecule has 0 N–H and O–H groups in total. The lowest BCUT2D eigenvalue weighted by molar-refractivity contribution is -0.396. The van der Waals surface area contributed by atoms with Gasteiger partial charge in [-0.2, -0.15) is 119 Å². The maximum atomic E-state index is 14.3. The zero-order chi connectivity index (χ0) is 48.4.